The van der Waals surface area contributed by atoms with Crippen molar-refractivity contribution in [2.45, 2.75) is 25.5 Å². The number of allylic oxidation sites excluding steroid dienone is 3. The molecule has 9 heteroatoms. The number of hydrogen-bond donors (Lipinski definition) is 0. The number of carbonyl (C=O) groups excluding carboxylic acids is 2. The van der Waals surface area contributed by atoms with Crippen molar-refractivity contribution in [1.29, 1.82) is 0 Å². The Labute approximate surface area is 170 Å². The molecular formula is C20H19N4O4S+. The van der Waals surface area contributed by atoms with Crippen molar-refractivity contribution >= 4 is 29.0 Å². The summed E-state index contributed by atoms with van der Waals surface area (Å²) in [5.74, 6) is 0.0932. The highest BCUT2D eigenvalue weighted by Gasteiger charge is 2.48. The van der Waals surface area contributed by atoms with Crippen molar-refractivity contribution in [3.63, 3.8) is 0 Å². The molecule has 5 rings (SSSR count). The Morgan fingerprint density at radius 2 is 2.24 bits per heavy atom. The molecule has 2 atom stereocenters. The second-order valence-corrected chi connectivity index (χ2v) is 8.04. The Morgan fingerprint density at radius 1 is 1.31 bits per heavy atom. The maximum absolute atomic E-state index is 13.2. The second kappa shape index (κ2) is 7.49. The molecule has 29 heavy (non-hydrogen) atoms. The summed E-state index contributed by atoms with van der Waals surface area (Å²) in [6.45, 7) is 1.04. The van der Waals surface area contributed by atoms with Crippen molar-refractivity contribution in [3.8, 4) is 10.7 Å². The zero-order valence-electron chi connectivity index (χ0n) is 15.6. The summed E-state index contributed by atoms with van der Waals surface area (Å²) >= 11 is 1.51. The monoisotopic (exact) mass is 411 g/mol. The first-order valence-electron chi connectivity index (χ1n) is 9.53. The molecule has 0 bridgehead atoms. The number of imide groups is 1. The molecule has 3 amide bonds. The average Bonchev–Trinajstić information content (AvgIpc) is 3.51. The topological polar surface area (TPSA) is 88.5 Å². The van der Waals surface area contributed by atoms with Crippen LogP contribution in [0.1, 0.15) is 18.7 Å². The summed E-state index contributed by atoms with van der Waals surface area (Å²) in [5.41, 5.74) is 0.627. The predicted molar refractivity (Wildman–Crippen MR) is 104 cm³/mol. The van der Waals surface area contributed by atoms with Crippen molar-refractivity contribution in [2.75, 3.05) is 13.2 Å². The summed E-state index contributed by atoms with van der Waals surface area (Å²) in [6.07, 6.45) is 8.93. The molecule has 1 fully saturated rings. The van der Waals surface area contributed by atoms with E-state index >= 15 is 0 Å². The standard InChI is InChI=1S/C20H19N4O4S/c25-19-14-6-1-2-7-15(14)23(20(26)24(19)11-13-5-3-9-27-13)12-17-21-18(22-28-17)16-8-4-10-29-16/h1-2,4,6-8,10,13-14H,3,5,9,11-12H2/q+1. The van der Waals surface area contributed by atoms with E-state index in [9.17, 15) is 9.59 Å². The van der Waals surface area contributed by atoms with Crippen LogP contribution in [0.5, 0.6) is 0 Å². The van der Waals surface area contributed by atoms with E-state index in [-0.39, 0.29) is 31.1 Å². The number of urea groups is 1. The van der Waals surface area contributed by atoms with Gasteiger partial charge in [-0.05, 0) is 30.4 Å². The fourth-order valence-corrected chi connectivity index (χ4v) is 4.45. The minimum absolute atomic E-state index is 0.108. The molecule has 0 radical (unpaired) electrons. The molecule has 0 spiro atoms. The largest absolute Gasteiger partial charge is 0.501 e. The summed E-state index contributed by atoms with van der Waals surface area (Å²) < 4.78 is 12.6. The molecule has 0 N–H and O–H groups in total. The normalized spacial score (nSPS) is 23.9. The van der Waals surface area contributed by atoms with Gasteiger partial charge in [-0.1, -0.05) is 29.5 Å². The minimum atomic E-state index is -0.501. The highest BCUT2D eigenvalue weighted by Crippen LogP contribution is 2.25. The number of rotatable bonds is 5. The van der Waals surface area contributed by atoms with Gasteiger partial charge in [0, 0.05) is 6.61 Å². The first kappa shape index (κ1) is 18.1. The van der Waals surface area contributed by atoms with Gasteiger partial charge in [0.2, 0.25) is 5.82 Å². The lowest BCUT2D eigenvalue weighted by Gasteiger charge is -2.27. The number of nitrogens with zero attached hydrogens (tertiary/aromatic N) is 4. The van der Waals surface area contributed by atoms with Crippen LogP contribution in [-0.4, -0.2) is 56.5 Å². The summed E-state index contributed by atoms with van der Waals surface area (Å²) in [4.78, 5) is 32.8. The molecule has 8 nitrogen and oxygen atoms in total. The zero-order valence-corrected chi connectivity index (χ0v) is 16.4. The van der Waals surface area contributed by atoms with Crippen LogP contribution in [0.15, 0.2) is 46.3 Å². The predicted octanol–water partition coefficient (Wildman–Crippen LogP) is 2.64. The van der Waals surface area contributed by atoms with Crippen LogP contribution in [0.4, 0.5) is 4.79 Å². The first-order chi connectivity index (χ1) is 14.2. The third-order valence-corrected chi connectivity index (χ3v) is 6.08. The Hall–Kier alpha value is -2.91. The van der Waals surface area contributed by atoms with Crippen LogP contribution in [0.2, 0.25) is 0 Å². The smallest absolute Gasteiger partial charge is 0.374 e. The fraction of sp³-hybridized carbons (Fsp3) is 0.350. The van der Waals surface area contributed by atoms with Gasteiger partial charge >= 0.3 is 11.9 Å². The molecule has 1 saturated heterocycles. The highest BCUT2D eigenvalue weighted by atomic mass is 32.1. The molecule has 148 valence electrons. The Kier molecular flexibility index (Phi) is 4.69. The quantitative estimate of drug-likeness (QED) is 0.703. The molecule has 2 aromatic heterocycles. The zero-order chi connectivity index (χ0) is 19.8. The van der Waals surface area contributed by atoms with Gasteiger partial charge in [0.25, 0.3) is 5.89 Å². The number of carbonyl (C=O) groups is 2. The number of amides is 3. The summed E-state index contributed by atoms with van der Waals surface area (Å²) in [7, 11) is 0. The molecule has 4 heterocycles. The lowest BCUT2D eigenvalue weighted by atomic mass is 9.94. The average molecular weight is 411 g/mol. The summed E-state index contributed by atoms with van der Waals surface area (Å²) in [5, 5.41) is 5.95. The molecule has 3 aliphatic rings. The Balaban J connectivity index is 1.46. The van der Waals surface area contributed by atoms with Crippen LogP contribution in [-0.2, 0) is 16.1 Å². The molecule has 0 saturated carbocycles. The van der Waals surface area contributed by atoms with E-state index in [1.54, 1.807) is 10.7 Å². The number of hydrogen-bond acceptors (Lipinski definition) is 7. The lowest BCUT2D eigenvalue weighted by Crippen LogP contribution is -2.55. The molecule has 2 aliphatic heterocycles. The number of ether oxygens (including phenoxy) is 1. The van der Waals surface area contributed by atoms with Crippen LogP contribution in [0.25, 0.3) is 10.7 Å². The van der Waals surface area contributed by atoms with E-state index in [0.29, 0.717) is 24.0 Å². The molecular weight excluding hydrogens is 392 g/mol. The lowest BCUT2D eigenvalue weighted by molar-refractivity contribution is -0.460. The van der Waals surface area contributed by atoms with Gasteiger partial charge in [-0.25, -0.2) is 4.79 Å². The van der Waals surface area contributed by atoms with Gasteiger partial charge in [0.05, 0.1) is 11.0 Å². The molecule has 2 unspecified atom stereocenters. The molecule has 2 aromatic rings. The van der Waals surface area contributed by atoms with Gasteiger partial charge in [0.15, 0.2) is 6.54 Å². The van der Waals surface area contributed by atoms with Crippen molar-refractivity contribution < 1.29 is 23.4 Å². The van der Waals surface area contributed by atoms with Crippen molar-refractivity contribution in [1.82, 2.24) is 15.0 Å². The fourth-order valence-electron chi connectivity index (χ4n) is 3.80. The number of thiophene rings is 1. The van der Waals surface area contributed by atoms with Crippen LogP contribution in [0, 0.1) is 5.92 Å². The third-order valence-electron chi connectivity index (χ3n) is 5.22. The van der Waals surface area contributed by atoms with E-state index < -0.39 is 5.92 Å². The Morgan fingerprint density at radius 3 is 3.03 bits per heavy atom. The van der Waals surface area contributed by atoms with Crippen LogP contribution in [0.3, 0.4) is 0 Å². The highest BCUT2D eigenvalue weighted by molar-refractivity contribution is 7.13. The Bertz CT molecular complexity index is 1030. The van der Waals surface area contributed by atoms with Crippen molar-refractivity contribution in [2.24, 2.45) is 5.92 Å². The maximum atomic E-state index is 13.2. The van der Waals surface area contributed by atoms with E-state index in [1.165, 1.54) is 16.2 Å². The van der Waals surface area contributed by atoms with Crippen molar-refractivity contribution in [3.05, 3.63) is 47.7 Å². The number of aromatic nitrogens is 2. The van der Waals surface area contributed by atoms with Crippen LogP contribution >= 0.6 is 11.3 Å². The third kappa shape index (κ3) is 3.36. The molecule has 0 aromatic carbocycles. The van der Waals surface area contributed by atoms with Gasteiger partial charge < -0.3 is 9.26 Å². The van der Waals surface area contributed by atoms with Gasteiger partial charge in [-0.3, -0.25) is 0 Å². The van der Waals surface area contributed by atoms with Gasteiger partial charge in [-0.2, -0.15) is 19.3 Å². The minimum Gasteiger partial charge on any atom is -0.374 e. The van der Waals surface area contributed by atoms with Crippen LogP contribution < -0.4 is 0 Å². The first-order valence-corrected chi connectivity index (χ1v) is 10.4. The SMILES string of the molecule is O=C1C2C=CC=CC2=[N+](Cc2nc(-c3cccs3)no2)C(=O)N1CC1CCCO1. The van der Waals surface area contributed by atoms with E-state index in [1.807, 2.05) is 35.7 Å². The van der Waals surface area contributed by atoms with Gasteiger partial charge in [-0.15, -0.1) is 11.3 Å². The number of fused-ring (bicyclic) bond motifs is 1. The van der Waals surface area contributed by atoms with E-state index in [4.69, 9.17) is 9.26 Å². The van der Waals surface area contributed by atoms with Gasteiger partial charge in [0.1, 0.15) is 18.2 Å². The van der Waals surface area contributed by atoms with E-state index in [2.05, 4.69) is 10.1 Å². The second-order valence-electron chi connectivity index (χ2n) is 7.09. The molecule has 1 aliphatic carbocycles. The maximum Gasteiger partial charge on any atom is 0.501 e. The van der Waals surface area contributed by atoms with E-state index in [0.717, 1.165) is 17.7 Å². The summed E-state index contributed by atoms with van der Waals surface area (Å²) in [6, 6.07) is 3.44.